The van der Waals surface area contributed by atoms with Crippen molar-refractivity contribution in [1.29, 1.82) is 0 Å². The average molecular weight is 241 g/mol. The molecule has 0 aromatic rings. The molecule has 1 amide bonds. The van der Waals surface area contributed by atoms with Crippen molar-refractivity contribution in [3.63, 3.8) is 0 Å². The minimum Gasteiger partial charge on any atom is -0.363 e. The fourth-order valence-electron chi connectivity index (χ4n) is 2.36. The Hall–Kier alpha value is -0.643. The zero-order valence-electron chi connectivity index (χ0n) is 11.3. The van der Waals surface area contributed by atoms with Gasteiger partial charge in [0.25, 0.3) is 0 Å². The number of carbonyl (C=O) groups excluding carboxylic acids is 2. The first kappa shape index (κ1) is 13.4. The Kier molecular flexibility index (Phi) is 3.09. The summed E-state index contributed by atoms with van der Waals surface area (Å²) in [5.74, 6) is 0.218. The van der Waals surface area contributed by atoms with Gasteiger partial charge < -0.3 is 9.36 Å². The molecular formula is C12H23NO2Si. The van der Waals surface area contributed by atoms with Crippen LogP contribution in [0.1, 0.15) is 40.5 Å². The molecule has 1 heterocycles. The Bertz CT molecular complexity index is 315. The van der Waals surface area contributed by atoms with Crippen molar-refractivity contribution in [2.45, 2.75) is 64.2 Å². The second-order valence-corrected chi connectivity index (χ2v) is 11.6. The van der Waals surface area contributed by atoms with Crippen LogP contribution in [-0.4, -0.2) is 30.5 Å². The van der Waals surface area contributed by atoms with Crippen molar-refractivity contribution in [2.75, 3.05) is 0 Å². The molecule has 1 aliphatic heterocycles. The summed E-state index contributed by atoms with van der Waals surface area (Å²) in [7, 11) is -1.83. The first-order valence-electron chi connectivity index (χ1n) is 5.83. The molecule has 16 heavy (non-hydrogen) atoms. The van der Waals surface area contributed by atoms with Gasteiger partial charge in [-0.3, -0.25) is 4.79 Å². The maximum atomic E-state index is 11.9. The standard InChI is InChI=1S/C12H23NO2Si/c1-11(2,3)16(5,6)13-10(15)9-12(13,4)7-8-14/h8H,7,9H2,1-6H3. The van der Waals surface area contributed by atoms with Crippen LogP contribution in [0.2, 0.25) is 18.1 Å². The summed E-state index contributed by atoms with van der Waals surface area (Å²) in [6.07, 6.45) is 1.93. The molecule has 1 unspecified atom stereocenters. The molecule has 1 aliphatic rings. The summed E-state index contributed by atoms with van der Waals surface area (Å²) < 4.78 is 2.04. The molecule has 3 nitrogen and oxygen atoms in total. The van der Waals surface area contributed by atoms with Crippen molar-refractivity contribution in [2.24, 2.45) is 0 Å². The molecule has 0 aliphatic carbocycles. The van der Waals surface area contributed by atoms with E-state index >= 15 is 0 Å². The van der Waals surface area contributed by atoms with Gasteiger partial charge >= 0.3 is 0 Å². The lowest BCUT2D eigenvalue weighted by atomic mass is 9.86. The van der Waals surface area contributed by atoms with E-state index in [1.165, 1.54) is 0 Å². The van der Waals surface area contributed by atoms with Crippen molar-refractivity contribution >= 4 is 20.4 Å². The van der Waals surface area contributed by atoms with Crippen LogP contribution < -0.4 is 0 Å². The van der Waals surface area contributed by atoms with Crippen molar-refractivity contribution in [3.8, 4) is 0 Å². The minimum atomic E-state index is -1.83. The van der Waals surface area contributed by atoms with Crippen LogP contribution >= 0.6 is 0 Å². The van der Waals surface area contributed by atoms with E-state index in [-0.39, 0.29) is 16.5 Å². The molecule has 0 bridgehead atoms. The number of β-lactam (4-membered cyclic amide) rings is 1. The molecule has 1 atom stereocenters. The minimum absolute atomic E-state index is 0.132. The lowest BCUT2D eigenvalue weighted by Crippen LogP contribution is -2.73. The van der Waals surface area contributed by atoms with E-state index in [9.17, 15) is 9.59 Å². The van der Waals surface area contributed by atoms with Gasteiger partial charge in [0.05, 0.1) is 0 Å². The molecule has 0 N–H and O–H groups in total. The maximum absolute atomic E-state index is 11.9. The summed E-state index contributed by atoms with van der Waals surface area (Å²) in [6, 6.07) is 0. The highest BCUT2D eigenvalue weighted by Gasteiger charge is 2.57. The van der Waals surface area contributed by atoms with E-state index in [0.29, 0.717) is 12.8 Å². The van der Waals surface area contributed by atoms with Crippen LogP contribution in [0.15, 0.2) is 0 Å². The SMILES string of the molecule is CC1(CC=O)CC(=O)N1[Si](C)(C)C(C)(C)C. The molecule has 0 aromatic heterocycles. The van der Waals surface area contributed by atoms with Crippen LogP contribution in [0.5, 0.6) is 0 Å². The van der Waals surface area contributed by atoms with Gasteiger partial charge in [-0.25, -0.2) is 0 Å². The van der Waals surface area contributed by atoms with Gasteiger partial charge in [-0.15, -0.1) is 0 Å². The smallest absolute Gasteiger partial charge is 0.217 e. The monoisotopic (exact) mass is 241 g/mol. The normalized spacial score (nSPS) is 26.6. The molecular weight excluding hydrogens is 218 g/mol. The van der Waals surface area contributed by atoms with Crippen LogP contribution in [0, 0.1) is 0 Å². The van der Waals surface area contributed by atoms with Gasteiger partial charge in [0.2, 0.25) is 5.91 Å². The first-order chi connectivity index (χ1) is 7.06. The Balaban J connectivity index is 3.02. The molecule has 1 saturated heterocycles. The number of carbonyl (C=O) groups is 2. The highest BCUT2D eigenvalue weighted by atomic mass is 28.3. The lowest BCUT2D eigenvalue weighted by Gasteiger charge is -2.60. The van der Waals surface area contributed by atoms with E-state index < -0.39 is 8.24 Å². The lowest BCUT2D eigenvalue weighted by molar-refractivity contribution is -0.146. The van der Waals surface area contributed by atoms with E-state index in [4.69, 9.17) is 0 Å². The Labute approximate surface area is 99.3 Å². The molecule has 0 spiro atoms. The highest BCUT2D eigenvalue weighted by molar-refractivity contribution is 6.80. The van der Waals surface area contributed by atoms with E-state index in [1.807, 2.05) is 11.5 Å². The van der Waals surface area contributed by atoms with Gasteiger partial charge in [0, 0.05) is 18.4 Å². The van der Waals surface area contributed by atoms with Gasteiger partial charge in [0.1, 0.15) is 6.29 Å². The Morgan fingerprint density at radius 2 is 1.94 bits per heavy atom. The average Bonchev–Trinajstić information content (AvgIpc) is 1.99. The summed E-state index contributed by atoms with van der Waals surface area (Å²) >= 11 is 0. The fourth-order valence-corrected chi connectivity index (χ4v) is 5.25. The summed E-state index contributed by atoms with van der Waals surface area (Å²) in [5.41, 5.74) is -0.220. The quantitative estimate of drug-likeness (QED) is 0.433. The molecule has 4 heteroatoms. The predicted molar refractivity (Wildman–Crippen MR) is 67.7 cm³/mol. The van der Waals surface area contributed by atoms with E-state index in [0.717, 1.165) is 6.29 Å². The number of rotatable bonds is 3. The van der Waals surface area contributed by atoms with Crippen LogP contribution in [0.3, 0.4) is 0 Å². The third-order valence-corrected chi connectivity index (χ3v) is 9.82. The second kappa shape index (κ2) is 3.69. The van der Waals surface area contributed by atoms with Crippen molar-refractivity contribution in [1.82, 2.24) is 4.57 Å². The summed E-state index contributed by atoms with van der Waals surface area (Å²) in [4.78, 5) is 22.6. The van der Waals surface area contributed by atoms with Gasteiger partial charge in [-0.1, -0.05) is 33.9 Å². The Morgan fingerprint density at radius 3 is 2.25 bits per heavy atom. The maximum Gasteiger partial charge on any atom is 0.217 e. The highest BCUT2D eigenvalue weighted by Crippen LogP contribution is 2.47. The number of hydrogen-bond donors (Lipinski definition) is 0. The molecule has 92 valence electrons. The third kappa shape index (κ3) is 1.83. The number of hydrogen-bond acceptors (Lipinski definition) is 2. The van der Waals surface area contributed by atoms with Crippen LogP contribution in [0.25, 0.3) is 0 Å². The zero-order valence-corrected chi connectivity index (χ0v) is 12.3. The zero-order chi connectivity index (χ0) is 12.8. The number of aldehydes is 1. The molecule has 1 fully saturated rings. The van der Waals surface area contributed by atoms with Crippen LogP contribution in [0.4, 0.5) is 0 Å². The third-order valence-electron chi connectivity index (χ3n) is 4.24. The fraction of sp³-hybridized carbons (Fsp3) is 0.833. The predicted octanol–water partition coefficient (Wildman–Crippen LogP) is 2.57. The van der Waals surface area contributed by atoms with Gasteiger partial charge in [-0.05, 0) is 12.0 Å². The van der Waals surface area contributed by atoms with E-state index in [1.54, 1.807) is 0 Å². The summed E-state index contributed by atoms with van der Waals surface area (Å²) in [5, 5.41) is 0.132. The van der Waals surface area contributed by atoms with Crippen LogP contribution in [-0.2, 0) is 9.59 Å². The van der Waals surface area contributed by atoms with Gasteiger partial charge in [-0.2, -0.15) is 0 Å². The molecule has 1 rings (SSSR count). The largest absolute Gasteiger partial charge is 0.363 e. The molecule has 0 saturated carbocycles. The Morgan fingerprint density at radius 1 is 1.44 bits per heavy atom. The first-order valence-corrected chi connectivity index (χ1v) is 8.78. The van der Waals surface area contributed by atoms with Gasteiger partial charge in [0.15, 0.2) is 8.24 Å². The number of nitrogens with zero attached hydrogens (tertiary/aromatic N) is 1. The van der Waals surface area contributed by atoms with Crippen molar-refractivity contribution in [3.05, 3.63) is 0 Å². The molecule has 0 radical (unpaired) electrons. The number of amides is 1. The van der Waals surface area contributed by atoms with E-state index in [2.05, 4.69) is 33.9 Å². The topological polar surface area (TPSA) is 37.4 Å². The summed E-state index contributed by atoms with van der Waals surface area (Å²) in [6.45, 7) is 13.0. The second-order valence-electron chi connectivity index (χ2n) is 6.58. The molecule has 0 aromatic carbocycles. The van der Waals surface area contributed by atoms with Crippen molar-refractivity contribution < 1.29 is 9.59 Å².